The molecular formula is C16H23ClN4O2S. The second-order valence-electron chi connectivity index (χ2n) is 5.78. The van der Waals surface area contributed by atoms with Crippen molar-refractivity contribution in [1.82, 2.24) is 19.2 Å². The molecule has 1 aliphatic rings. The van der Waals surface area contributed by atoms with Gasteiger partial charge in [0, 0.05) is 39.1 Å². The van der Waals surface area contributed by atoms with E-state index in [0.717, 1.165) is 11.4 Å². The van der Waals surface area contributed by atoms with Crippen LogP contribution in [0.4, 0.5) is 0 Å². The van der Waals surface area contributed by atoms with E-state index < -0.39 is 10.0 Å². The third-order valence-electron chi connectivity index (χ3n) is 4.20. The third-order valence-corrected chi connectivity index (χ3v) is 6.07. The van der Waals surface area contributed by atoms with Gasteiger partial charge in [-0.3, -0.25) is 0 Å². The number of hydrogen-bond donors (Lipinski definition) is 1. The van der Waals surface area contributed by atoms with E-state index in [4.69, 9.17) is 0 Å². The SMILES string of the molecule is Cl.Cn1ccnc1C1CNCCN1S(=O)(=O)CCc1ccccc1. The van der Waals surface area contributed by atoms with Crippen LogP contribution >= 0.6 is 12.4 Å². The molecule has 2 aromatic rings. The fraction of sp³-hybridized carbons (Fsp3) is 0.438. The van der Waals surface area contributed by atoms with Crippen molar-refractivity contribution in [2.75, 3.05) is 25.4 Å². The molecule has 1 atom stereocenters. The van der Waals surface area contributed by atoms with Crippen LogP contribution in [-0.4, -0.2) is 47.7 Å². The summed E-state index contributed by atoms with van der Waals surface area (Å²) in [6.45, 7) is 1.75. The predicted octanol–water partition coefficient (Wildman–Crippen LogP) is 1.36. The van der Waals surface area contributed by atoms with Crippen molar-refractivity contribution in [2.45, 2.75) is 12.5 Å². The van der Waals surface area contributed by atoms with E-state index in [9.17, 15) is 8.42 Å². The van der Waals surface area contributed by atoms with Crippen LogP contribution in [0.2, 0.25) is 0 Å². The second kappa shape index (κ2) is 8.11. The highest BCUT2D eigenvalue weighted by atomic mass is 35.5. The Labute approximate surface area is 149 Å². The zero-order chi connectivity index (χ0) is 16.3. The summed E-state index contributed by atoms with van der Waals surface area (Å²) < 4.78 is 29.2. The number of sulfonamides is 1. The number of piperazine rings is 1. The molecule has 1 unspecified atom stereocenters. The summed E-state index contributed by atoms with van der Waals surface area (Å²) in [6.07, 6.45) is 4.08. The lowest BCUT2D eigenvalue weighted by atomic mass is 10.2. The average molecular weight is 371 g/mol. The van der Waals surface area contributed by atoms with E-state index in [-0.39, 0.29) is 24.2 Å². The first-order valence-corrected chi connectivity index (χ1v) is 9.40. The number of benzene rings is 1. The van der Waals surface area contributed by atoms with E-state index in [2.05, 4.69) is 10.3 Å². The molecule has 0 bridgehead atoms. The van der Waals surface area contributed by atoms with Gasteiger partial charge in [-0.25, -0.2) is 13.4 Å². The number of halogens is 1. The van der Waals surface area contributed by atoms with Gasteiger partial charge in [0.2, 0.25) is 10.0 Å². The van der Waals surface area contributed by atoms with Gasteiger partial charge in [0.25, 0.3) is 0 Å². The summed E-state index contributed by atoms with van der Waals surface area (Å²) in [5, 5.41) is 3.27. The topological polar surface area (TPSA) is 67.2 Å². The monoisotopic (exact) mass is 370 g/mol. The van der Waals surface area contributed by atoms with Crippen molar-refractivity contribution >= 4 is 22.4 Å². The fourth-order valence-corrected chi connectivity index (χ4v) is 4.60. The number of rotatable bonds is 5. The van der Waals surface area contributed by atoms with E-state index in [1.54, 1.807) is 10.5 Å². The van der Waals surface area contributed by atoms with Gasteiger partial charge in [0.1, 0.15) is 5.82 Å². The summed E-state index contributed by atoms with van der Waals surface area (Å²) in [4.78, 5) is 4.34. The van der Waals surface area contributed by atoms with Gasteiger partial charge in [-0.05, 0) is 12.0 Å². The maximum atomic E-state index is 12.8. The maximum Gasteiger partial charge on any atom is 0.215 e. The molecule has 2 heterocycles. The summed E-state index contributed by atoms with van der Waals surface area (Å²) in [5.41, 5.74) is 1.04. The first-order valence-electron chi connectivity index (χ1n) is 7.79. The van der Waals surface area contributed by atoms with Crippen LogP contribution in [0.3, 0.4) is 0 Å². The lowest BCUT2D eigenvalue weighted by molar-refractivity contribution is 0.258. The Bertz CT molecular complexity index is 748. The molecule has 0 saturated carbocycles. The van der Waals surface area contributed by atoms with Crippen LogP contribution in [0.25, 0.3) is 0 Å². The molecule has 24 heavy (non-hydrogen) atoms. The summed E-state index contributed by atoms with van der Waals surface area (Å²) in [5.74, 6) is 0.901. The normalized spacial score (nSPS) is 19.0. The van der Waals surface area contributed by atoms with E-state index in [1.165, 1.54) is 0 Å². The Hall–Kier alpha value is -1.41. The highest BCUT2D eigenvalue weighted by molar-refractivity contribution is 7.89. The molecule has 1 aliphatic heterocycles. The third kappa shape index (κ3) is 4.16. The zero-order valence-corrected chi connectivity index (χ0v) is 15.3. The quantitative estimate of drug-likeness (QED) is 0.863. The summed E-state index contributed by atoms with van der Waals surface area (Å²) in [6, 6.07) is 9.48. The van der Waals surface area contributed by atoms with E-state index in [1.807, 2.05) is 48.1 Å². The molecule has 1 saturated heterocycles. The minimum absolute atomic E-state index is 0. The number of nitrogens with zero attached hydrogens (tertiary/aromatic N) is 3. The molecule has 1 aromatic heterocycles. The Morgan fingerprint density at radius 3 is 2.71 bits per heavy atom. The minimum Gasteiger partial charge on any atom is -0.337 e. The molecular weight excluding hydrogens is 348 g/mol. The van der Waals surface area contributed by atoms with Crippen LogP contribution in [0.1, 0.15) is 17.4 Å². The van der Waals surface area contributed by atoms with Gasteiger partial charge in [-0.1, -0.05) is 30.3 Å². The molecule has 3 rings (SSSR count). The molecule has 0 aliphatic carbocycles. The van der Waals surface area contributed by atoms with Gasteiger partial charge >= 0.3 is 0 Å². The smallest absolute Gasteiger partial charge is 0.215 e. The van der Waals surface area contributed by atoms with Crippen molar-refractivity contribution in [3.05, 3.63) is 54.1 Å². The highest BCUT2D eigenvalue weighted by Crippen LogP contribution is 2.24. The number of aromatic nitrogens is 2. The summed E-state index contributed by atoms with van der Waals surface area (Å²) >= 11 is 0. The van der Waals surface area contributed by atoms with Crippen molar-refractivity contribution in [2.24, 2.45) is 7.05 Å². The highest BCUT2D eigenvalue weighted by Gasteiger charge is 2.34. The summed E-state index contributed by atoms with van der Waals surface area (Å²) in [7, 11) is -1.44. The van der Waals surface area contributed by atoms with Gasteiger partial charge < -0.3 is 9.88 Å². The Morgan fingerprint density at radius 1 is 1.29 bits per heavy atom. The van der Waals surface area contributed by atoms with E-state index in [0.29, 0.717) is 26.1 Å². The fourth-order valence-electron chi connectivity index (χ4n) is 2.95. The lowest BCUT2D eigenvalue weighted by Gasteiger charge is -2.34. The predicted molar refractivity (Wildman–Crippen MR) is 96.7 cm³/mol. The second-order valence-corrected chi connectivity index (χ2v) is 7.82. The molecule has 1 fully saturated rings. The first kappa shape index (κ1) is 18.9. The molecule has 8 heteroatoms. The van der Waals surface area contributed by atoms with Gasteiger partial charge in [0.05, 0.1) is 11.8 Å². The molecule has 0 amide bonds. The Balaban J connectivity index is 0.00000208. The van der Waals surface area contributed by atoms with Gasteiger partial charge in [-0.2, -0.15) is 4.31 Å². The minimum atomic E-state index is -3.33. The molecule has 132 valence electrons. The van der Waals surface area contributed by atoms with Crippen molar-refractivity contribution in [3.63, 3.8) is 0 Å². The van der Waals surface area contributed by atoms with E-state index >= 15 is 0 Å². The number of imidazole rings is 1. The van der Waals surface area contributed by atoms with Crippen LogP contribution in [0.15, 0.2) is 42.7 Å². The largest absolute Gasteiger partial charge is 0.337 e. The van der Waals surface area contributed by atoms with Gasteiger partial charge in [0.15, 0.2) is 0 Å². The first-order chi connectivity index (χ1) is 11.1. The molecule has 0 radical (unpaired) electrons. The molecule has 1 aromatic carbocycles. The van der Waals surface area contributed by atoms with Crippen molar-refractivity contribution in [3.8, 4) is 0 Å². The lowest BCUT2D eigenvalue weighted by Crippen LogP contribution is -2.50. The Kier molecular flexibility index (Phi) is 6.40. The number of hydrogen-bond acceptors (Lipinski definition) is 4. The number of nitrogens with one attached hydrogen (secondary N) is 1. The Morgan fingerprint density at radius 2 is 2.04 bits per heavy atom. The molecule has 0 spiro atoms. The average Bonchev–Trinajstić information content (AvgIpc) is 3.00. The van der Waals surface area contributed by atoms with Crippen LogP contribution in [0.5, 0.6) is 0 Å². The van der Waals surface area contributed by atoms with Gasteiger partial charge in [-0.15, -0.1) is 12.4 Å². The maximum absolute atomic E-state index is 12.8. The molecule has 1 N–H and O–H groups in total. The number of aryl methyl sites for hydroxylation is 2. The van der Waals surface area contributed by atoms with Crippen LogP contribution < -0.4 is 5.32 Å². The van der Waals surface area contributed by atoms with Crippen molar-refractivity contribution < 1.29 is 8.42 Å². The van der Waals surface area contributed by atoms with Crippen molar-refractivity contribution in [1.29, 1.82) is 0 Å². The zero-order valence-electron chi connectivity index (χ0n) is 13.6. The standard InChI is InChI=1S/C16H22N4O2S.ClH/c1-19-10-9-18-16(19)15-13-17-8-11-20(15)23(21,22)12-7-14-5-3-2-4-6-14;/h2-6,9-10,15,17H,7-8,11-13H2,1H3;1H. The van der Waals surface area contributed by atoms with Crippen LogP contribution in [0, 0.1) is 0 Å². The van der Waals surface area contributed by atoms with Crippen LogP contribution in [-0.2, 0) is 23.5 Å². The molecule has 6 nitrogen and oxygen atoms in total.